The van der Waals surface area contributed by atoms with Crippen LogP contribution in [0.3, 0.4) is 0 Å². The van der Waals surface area contributed by atoms with Crippen molar-refractivity contribution in [2.45, 2.75) is 106 Å². The summed E-state index contributed by atoms with van der Waals surface area (Å²) in [6.07, 6.45) is -1.62. The predicted octanol–water partition coefficient (Wildman–Crippen LogP) is 3.94. The molecular weight excluding hydrogens is 404 g/mol. The largest absolute Gasteiger partial charge is 0.444 e. The molecule has 0 saturated heterocycles. The SMILES string of the molecule is CC(C)(C)OC(=O)N[C@H](C(=O)OC(=O)[C@@H](NC(=O)OC(C)(C)C)C(C)(C)C)C(C)(C)C. The second-order valence-electron chi connectivity index (χ2n) is 11.6. The fourth-order valence-corrected chi connectivity index (χ4v) is 2.33. The molecule has 0 aromatic carbocycles. The number of carbonyl (C=O) groups is 4. The highest BCUT2D eigenvalue weighted by Gasteiger charge is 2.41. The first-order chi connectivity index (χ1) is 13.5. The minimum Gasteiger partial charge on any atom is -0.444 e. The fraction of sp³-hybridized carbons (Fsp3) is 0.818. The zero-order chi connectivity index (χ0) is 25.0. The quantitative estimate of drug-likeness (QED) is 0.383. The van der Waals surface area contributed by atoms with Crippen molar-refractivity contribution in [2.24, 2.45) is 10.8 Å². The van der Waals surface area contributed by atoms with Crippen LogP contribution < -0.4 is 10.6 Å². The molecule has 9 nitrogen and oxygen atoms in total. The molecule has 0 unspecified atom stereocenters. The monoisotopic (exact) mass is 444 g/mol. The summed E-state index contributed by atoms with van der Waals surface area (Å²) in [6, 6.07) is -2.32. The van der Waals surface area contributed by atoms with Crippen LogP contribution in [0.4, 0.5) is 9.59 Å². The van der Waals surface area contributed by atoms with Crippen LogP contribution in [-0.4, -0.2) is 47.4 Å². The molecule has 0 rings (SSSR count). The van der Waals surface area contributed by atoms with E-state index in [-0.39, 0.29) is 0 Å². The van der Waals surface area contributed by atoms with Crippen molar-refractivity contribution in [3.63, 3.8) is 0 Å². The Balaban J connectivity index is 5.50. The Morgan fingerprint density at radius 1 is 0.548 bits per heavy atom. The first-order valence-electron chi connectivity index (χ1n) is 10.3. The second-order valence-corrected chi connectivity index (χ2v) is 11.6. The predicted molar refractivity (Wildman–Crippen MR) is 116 cm³/mol. The van der Waals surface area contributed by atoms with Crippen LogP contribution in [0.1, 0.15) is 83.1 Å². The highest BCUT2D eigenvalue weighted by Crippen LogP contribution is 2.24. The molecule has 180 valence electrons. The van der Waals surface area contributed by atoms with E-state index in [9.17, 15) is 19.2 Å². The van der Waals surface area contributed by atoms with E-state index in [4.69, 9.17) is 14.2 Å². The average molecular weight is 445 g/mol. The summed E-state index contributed by atoms with van der Waals surface area (Å²) in [5, 5.41) is 4.94. The van der Waals surface area contributed by atoms with Crippen LogP contribution in [0, 0.1) is 10.8 Å². The van der Waals surface area contributed by atoms with Gasteiger partial charge in [-0.3, -0.25) is 0 Å². The first kappa shape index (κ1) is 28.7. The number of alkyl carbamates (subject to hydrolysis) is 2. The molecule has 0 aromatic rings. The third-order valence-corrected chi connectivity index (χ3v) is 3.73. The number of hydrogen-bond acceptors (Lipinski definition) is 7. The summed E-state index contributed by atoms with van der Waals surface area (Å²) in [4.78, 5) is 49.9. The van der Waals surface area contributed by atoms with E-state index in [1.165, 1.54) is 0 Å². The second kappa shape index (κ2) is 9.87. The van der Waals surface area contributed by atoms with Crippen molar-refractivity contribution in [2.75, 3.05) is 0 Å². The third-order valence-electron chi connectivity index (χ3n) is 3.73. The molecule has 0 fully saturated rings. The van der Waals surface area contributed by atoms with Gasteiger partial charge in [0.1, 0.15) is 23.3 Å². The topological polar surface area (TPSA) is 120 Å². The Bertz CT molecular complexity index is 616. The van der Waals surface area contributed by atoms with Crippen molar-refractivity contribution in [3.05, 3.63) is 0 Å². The lowest BCUT2D eigenvalue weighted by atomic mass is 9.86. The maximum atomic E-state index is 12.8. The number of ether oxygens (including phenoxy) is 3. The smallest absolute Gasteiger partial charge is 0.408 e. The Morgan fingerprint density at radius 3 is 1.00 bits per heavy atom. The molecule has 2 amide bonds. The van der Waals surface area contributed by atoms with Crippen molar-refractivity contribution < 1.29 is 33.4 Å². The summed E-state index contributed by atoms with van der Waals surface area (Å²) in [5.74, 6) is -1.91. The highest BCUT2D eigenvalue weighted by molar-refractivity contribution is 5.94. The van der Waals surface area contributed by atoms with Crippen molar-refractivity contribution in [3.8, 4) is 0 Å². The van der Waals surface area contributed by atoms with Crippen LogP contribution >= 0.6 is 0 Å². The molecule has 0 spiro atoms. The van der Waals surface area contributed by atoms with Crippen molar-refractivity contribution >= 4 is 24.1 Å². The zero-order valence-electron chi connectivity index (χ0n) is 21.0. The van der Waals surface area contributed by atoms with Crippen molar-refractivity contribution in [1.82, 2.24) is 10.6 Å². The molecule has 0 aliphatic heterocycles. The van der Waals surface area contributed by atoms with Gasteiger partial charge in [0.2, 0.25) is 0 Å². The van der Waals surface area contributed by atoms with Gasteiger partial charge < -0.3 is 24.8 Å². The molecule has 0 aliphatic carbocycles. The first-order valence-corrected chi connectivity index (χ1v) is 10.3. The Hall–Kier alpha value is -2.32. The molecule has 2 N–H and O–H groups in total. The number of rotatable bonds is 4. The van der Waals surface area contributed by atoms with Crippen LogP contribution in [-0.2, 0) is 23.8 Å². The summed E-state index contributed by atoms with van der Waals surface area (Å²) >= 11 is 0. The van der Waals surface area contributed by atoms with Crippen LogP contribution in [0.25, 0.3) is 0 Å². The van der Waals surface area contributed by atoms with E-state index in [0.717, 1.165) is 0 Å². The summed E-state index contributed by atoms with van der Waals surface area (Å²) < 4.78 is 15.5. The van der Waals surface area contributed by atoms with Gasteiger partial charge in [0, 0.05) is 0 Å². The molecule has 31 heavy (non-hydrogen) atoms. The molecular formula is C22H40N2O7. The van der Waals surface area contributed by atoms with E-state index < -0.39 is 58.2 Å². The van der Waals surface area contributed by atoms with Gasteiger partial charge in [-0.05, 0) is 52.4 Å². The molecule has 0 saturated carbocycles. The number of hydrogen-bond donors (Lipinski definition) is 2. The minimum atomic E-state index is -1.16. The third kappa shape index (κ3) is 11.6. The maximum Gasteiger partial charge on any atom is 0.408 e. The van der Waals surface area contributed by atoms with Gasteiger partial charge in [0.05, 0.1) is 0 Å². The Kier molecular flexibility index (Phi) is 9.13. The molecule has 0 aliphatic rings. The molecule has 9 heteroatoms. The highest BCUT2D eigenvalue weighted by atomic mass is 16.6. The molecule has 2 atom stereocenters. The van der Waals surface area contributed by atoms with Gasteiger partial charge in [-0.15, -0.1) is 0 Å². The van der Waals surface area contributed by atoms with E-state index >= 15 is 0 Å². The lowest BCUT2D eigenvalue weighted by molar-refractivity contribution is -0.166. The average Bonchev–Trinajstić information content (AvgIpc) is 2.44. The minimum absolute atomic E-state index is 0.763. The normalized spacial score (nSPS) is 14.7. The van der Waals surface area contributed by atoms with Gasteiger partial charge in [-0.2, -0.15) is 0 Å². The standard InChI is InChI=1S/C22H40N2O7/c1-19(2,3)13(23-17(27)30-21(7,8)9)15(25)29-16(26)14(20(4,5)6)24-18(28)31-22(10,11)12/h13-14H,1-12H3,(H,23,27)(H,24,28)/t13-,14-/m1/s1. The lowest BCUT2D eigenvalue weighted by Crippen LogP contribution is -2.55. The van der Waals surface area contributed by atoms with Gasteiger partial charge in [-0.1, -0.05) is 41.5 Å². The molecule has 0 radical (unpaired) electrons. The van der Waals surface area contributed by atoms with Gasteiger partial charge >= 0.3 is 24.1 Å². The molecule has 0 bridgehead atoms. The number of carbonyl (C=O) groups excluding carboxylic acids is 4. The number of nitrogens with one attached hydrogen (secondary N) is 2. The van der Waals surface area contributed by atoms with Gasteiger partial charge in [-0.25, -0.2) is 19.2 Å². The van der Waals surface area contributed by atoms with Crippen LogP contribution in [0.15, 0.2) is 0 Å². The van der Waals surface area contributed by atoms with Crippen molar-refractivity contribution in [1.29, 1.82) is 0 Å². The lowest BCUT2D eigenvalue weighted by Gasteiger charge is -2.33. The Labute approximate surface area is 185 Å². The van der Waals surface area contributed by atoms with Gasteiger partial charge in [0.25, 0.3) is 0 Å². The van der Waals surface area contributed by atoms with Gasteiger partial charge in [0.15, 0.2) is 0 Å². The van der Waals surface area contributed by atoms with E-state index in [1.54, 1.807) is 83.1 Å². The Morgan fingerprint density at radius 2 is 0.806 bits per heavy atom. The maximum absolute atomic E-state index is 12.8. The summed E-state index contributed by atoms with van der Waals surface area (Å²) in [5.41, 5.74) is -3.07. The van der Waals surface area contributed by atoms with E-state index in [0.29, 0.717) is 0 Å². The number of esters is 2. The fourth-order valence-electron chi connectivity index (χ4n) is 2.33. The van der Waals surface area contributed by atoms with E-state index in [1.807, 2.05) is 0 Å². The molecule has 0 heterocycles. The van der Waals surface area contributed by atoms with E-state index in [2.05, 4.69) is 10.6 Å². The zero-order valence-corrected chi connectivity index (χ0v) is 21.0. The summed E-state index contributed by atoms with van der Waals surface area (Å²) in [7, 11) is 0. The van der Waals surface area contributed by atoms with Crippen LogP contribution in [0.5, 0.6) is 0 Å². The summed E-state index contributed by atoms with van der Waals surface area (Å²) in [6.45, 7) is 20.4. The van der Waals surface area contributed by atoms with Crippen LogP contribution in [0.2, 0.25) is 0 Å². The number of amides is 2. The molecule has 0 aromatic heterocycles.